The van der Waals surface area contributed by atoms with Crippen LogP contribution < -0.4 is 5.73 Å². The number of benzene rings is 2. The molecule has 0 amide bonds. The number of nitrogens with two attached hydrogens (primary N) is 1. The van der Waals surface area contributed by atoms with Crippen molar-refractivity contribution in [2.24, 2.45) is 0 Å². The smallest absolute Gasteiger partial charge is 0.339 e. The quantitative estimate of drug-likeness (QED) is 0.682. The molecule has 2 N–H and O–H groups in total. The number of hydrogen-bond donors (Lipinski definition) is 1. The van der Waals surface area contributed by atoms with E-state index in [9.17, 15) is 4.79 Å². The Hall–Kier alpha value is -1.81. The average Bonchev–Trinajstić information content (AvgIpc) is 2.38. The first kappa shape index (κ1) is 12.6. The van der Waals surface area contributed by atoms with Crippen LogP contribution >= 0.6 is 15.9 Å². The van der Waals surface area contributed by atoms with Gasteiger partial charge in [-0.1, -0.05) is 18.2 Å². The minimum Gasteiger partial charge on any atom is -0.465 e. The molecule has 0 bridgehead atoms. The fourth-order valence-electron chi connectivity index (χ4n) is 1.69. The lowest BCUT2D eigenvalue weighted by atomic mass is 10.0. The lowest BCUT2D eigenvalue weighted by Gasteiger charge is -2.07. The zero-order valence-corrected chi connectivity index (χ0v) is 11.4. The highest BCUT2D eigenvalue weighted by molar-refractivity contribution is 9.10. The predicted octanol–water partition coefficient (Wildman–Crippen LogP) is 3.48. The second kappa shape index (κ2) is 5.23. The summed E-state index contributed by atoms with van der Waals surface area (Å²) in [5.74, 6) is -0.368. The minimum atomic E-state index is -0.368. The van der Waals surface area contributed by atoms with Crippen LogP contribution in [0.1, 0.15) is 10.4 Å². The van der Waals surface area contributed by atoms with Crippen molar-refractivity contribution in [1.29, 1.82) is 0 Å². The zero-order valence-electron chi connectivity index (χ0n) is 9.81. The predicted molar refractivity (Wildman–Crippen MR) is 75.3 cm³/mol. The standard InChI is InChI=1S/C14H12BrNO2/c1-18-14(17)12-8-10(5-6-13(12)15)9-3-2-4-11(16)7-9/h2-8H,16H2,1H3. The number of ether oxygens (including phenoxy) is 1. The van der Waals surface area contributed by atoms with Crippen molar-refractivity contribution in [1.82, 2.24) is 0 Å². The van der Waals surface area contributed by atoms with Crippen LogP contribution in [0.15, 0.2) is 46.9 Å². The number of carbonyl (C=O) groups is 1. The fourth-order valence-corrected chi connectivity index (χ4v) is 2.10. The van der Waals surface area contributed by atoms with Gasteiger partial charge in [0, 0.05) is 10.2 Å². The Morgan fingerprint density at radius 3 is 2.56 bits per heavy atom. The molecule has 0 fully saturated rings. The van der Waals surface area contributed by atoms with Gasteiger partial charge in [0.25, 0.3) is 0 Å². The Morgan fingerprint density at radius 2 is 1.89 bits per heavy atom. The number of esters is 1. The van der Waals surface area contributed by atoms with E-state index in [1.807, 2.05) is 36.4 Å². The normalized spacial score (nSPS) is 10.1. The molecule has 2 aromatic carbocycles. The third-order valence-electron chi connectivity index (χ3n) is 2.59. The Labute approximate surface area is 114 Å². The van der Waals surface area contributed by atoms with Gasteiger partial charge >= 0.3 is 5.97 Å². The van der Waals surface area contributed by atoms with Gasteiger partial charge in [-0.25, -0.2) is 4.79 Å². The number of rotatable bonds is 2. The molecule has 0 aliphatic carbocycles. The van der Waals surface area contributed by atoms with Crippen LogP contribution in [-0.2, 0) is 4.74 Å². The largest absolute Gasteiger partial charge is 0.465 e. The summed E-state index contributed by atoms with van der Waals surface area (Å²) in [5.41, 5.74) is 8.82. The average molecular weight is 306 g/mol. The second-order valence-electron chi connectivity index (χ2n) is 3.81. The van der Waals surface area contributed by atoms with Gasteiger partial charge in [-0.05, 0) is 51.3 Å². The maximum Gasteiger partial charge on any atom is 0.339 e. The van der Waals surface area contributed by atoms with Crippen molar-refractivity contribution in [3.05, 3.63) is 52.5 Å². The number of halogens is 1. The van der Waals surface area contributed by atoms with Crippen LogP contribution in [0.3, 0.4) is 0 Å². The third-order valence-corrected chi connectivity index (χ3v) is 3.28. The molecular weight excluding hydrogens is 294 g/mol. The fraction of sp³-hybridized carbons (Fsp3) is 0.0714. The lowest BCUT2D eigenvalue weighted by molar-refractivity contribution is 0.0600. The highest BCUT2D eigenvalue weighted by Gasteiger charge is 2.11. The van der Waals surface area contributed by atoms with Crippen LogP contribution in [0, 0.1) is 0 Å². The van der Waals surface area contributed by atoms with Crippen LogP contribution in [0.4, 0.5) is 5.69 Å². The molecule has 4 heteroatoms. The Bertz CT molecular complexity index is 596. The summed E-state index contributed by atoms with van der Waals surface area (Å²) in [7, 11) is 1.36. The number of anilines is 1. The van der Waals surface area contributed by atoms with E-state index in [-0.39, 0.29) is 5.97 Å². The Kier molecular flexibility index (Phi) is 3.67. The Balaban J connectivity index is 2.50. The maximum absolute atomic E-state index is 11.6. The topological polar surface area (TPSA) is 52.3 Å². The van der Waals surface area contributed by atoms with Gasteiger partial charge in [0.1, 0.15) is 0 Å². The first-order valence-corrected chi connectivity index (χ1v) is 6.15. The molecule has 92 valence electrons. The summed E-state index contributed by atoms with van der Waals surface area (Å²) in [5, 5.41) is 0. The van der Waals surface area contributed by atoms with Crippen LogP contribution in [0.2, 0.25) is 0 Å². The van der Waals surface area contributed by atoms with E-state index < -0.39 is 0 Å². The molecule has 0 aliphatic rings. The van der Waals surface area contributed by atoms with Crippen LogP contribution in [-0.4, -0.2) is 13.1 Å². The monoisotopic (exact) mass is 305 g/mol. The van der Waals surface area contributed by atoms with Crippen molar-refractivity contribution in [2.45, 2.75) is 0 Å². The number of hydrogen-bond acceptors (Lipinski definition) is 3. The third kappa shape index (κ3) is 2.54. The molecular formula is C14H12BrNO2. The van der Waals surface area contributed by atoms with Gasteiger partial charge in [0.15, 0.2) is 0 Å². The lowest BCUT2D eigenvalue weighted by Crippen LogP contribution is -2.02. The van der Waals surface area contributed by atoms with Gasteiger partial charge in [0.2, 0.25) is 0 Å². The number of nitrogen functional groups attached to an aromatic ring is 1. The van der Waals surface area contributed by atoms with Crippen LogP contribution in [0.25, 0.3) is 11.1 Å². The molecule has 2 aromatic rings. The molecule has 2 rings (SSSR count). The van der Waals surface area contributed by atoms with Gasteiger partial charge in [0.05, 0.1) is 12.7 Å². The minimum absolute atomic E-state index is 0.368. The van der Waals surface area contributed by atoms with Crippen molar-refractivity contribution < 1.29 is 9.53 Å². The van der Waals surface area contributed by atoms with Crippen molar-refractivity contribution >= 4 is 27.6 Å². The number of methoxy groups -OCH3 is 1. The zero-order chi connectivity index (χ0) is 13.1. The van der Waals surface area contributed by atoms with Crippen molar-refractivity contribution in [2.75, 3.05) is 12.8 Å². The molecule has 0 spiro atoms. The summed E-state index contributed by atoms with van der Waals surface area (Å²) < 4.78 is 5.45. The molecule has 0 saturated heterocycles. The summed E-state index contributed by atoms with van der Waals surface area (Å²) >= 11 is 3.33. The molecule has 0 atom stereocenters. The van der Waals surface area contributed by atoms with E-state index in [1.54, 1.807) is 6.07 Å². The van der Waals surface area contributed by atoms with E-state index in [0.717, 1.165) is 11.1 Å². The van der Waals surface area contributed by atoms with E-state index in [1.165, 1.54) is 7.11 Å². The summed E-state index contributed by atoms with van der Waals surface area (Å²) in [6.45, 7) is 0. The molecule has 18 heavy (non-hydrogen) atoms. The Morgan fingerprint density at radius 1 is 1.17 bits per heavy atom. The van der Waals surface area contributed by atoms with Gasteiger partial charge in [-0.15, -0.1) is 0 Å². The summed E-state index contributed by atoms with van der Waals surface area (Å²) in [6.07, 6.45) is 0. The van der Waals surface area contributed by atoms with Gasteiger partial charge in [-0.3, -0.25) is 0 Å². The first-order valence-electron chi connectivity index (χ1n) is 5.35. The van der Waals surface area contributed by atoms with E-state index in [0.29, 0.717) is 15.7 Å². The highest BCUT2D eigenvalue weighted by Crippen LogP contribution is 2.27. The molecule has 0 saturated carbocycles. The van der Waals surface area contributed by atoms with E-state index >= 15 is 0 Å². The summed E-state index contributed by atoms with van der Waals surface area (Å²) in [6, 6.07) is 13.0. The first-order chi connectivity index (χ1) is 8.61. The van der Waals surface area contributed by atoms with Gasteiger partial charge in [-0.2, -0.15) is 0 Å². The summed E-state index contributed by atoms with van der Waals surface area (Å²) in [4.78, 5) is 11.6. The van der Waals surface area contributed by atoms with E-state index in [4.69, 9.17) is 10.5 Å². The molecule has 0 unspecified atom stereocenters. The SMILES string of the molecule is COC(=O)c1cc(-c2cccc(N)c2)ccc1Br. The molecule has 3 nitrogen and oxygen atoms in total. The molecule has 0 radical (unpaired) electrons. The maximum atomic E-state index is 11.6. The second-order valence-corrected chi connectivity index (χ2v) is 4.67. The molecule has 0 aliphatic heterocycles. The van der Waals surface area contributed by atoms with Crippen LogP contribution in [0.5, 0.6) is 0 Å². The molecule has 0 aromatic heterocycles. The number of carbonyl (C=O) groups excluding carboxylic acids is 1. The highest BCUT2D eigenvalue weighted by atomic mass is 79.9. The van der Waals surface area contributed by atoms with Crippen molar-refractivity contribution in [3.8, 4) is 11.1 Å². The van der Waals surface area contributed by atoms with Gasteiger partial charge < -0.3 is 10.5 Å². The molecule has 0 heterocycles. The van der Waals surface area contributed by atoms with Crippen molar-refractivity contribution in [3.63, 3.8) is 0 Å². The van der Waals surface area contributed by atoms with E-state index in [2.05, 4.69) is 15.9 Å².